The van der Waals surface area contributed by atoms with Crippen LogP contribution in [0, 0.1) is 17.0 Å². The van der Waals surface area contributed by atoms with Gasteiger partial charge < -0.3 is 0 Å². The third-order valence-corrected chi connectivity index (χ3v) is 4.37. The summed E-state index contributed by atoms with van der Waals surface area (Å²) in [4.78, 5) is 23.1. The SMILES string of the molecule is CC(=O)N1c2c(-c3ccccc3Cl)c(C)c([N+](=O)[O-])c1c2C(F)(F)F. The fourth-order valence-corrected chi connectivity index (χ4v) is 3.36. The Kier molecular flexibility index (Phi) is 3.75. The van der Waals surface area contributed by atoms with Gasteiger partial charge in [-0.2, -0.15) is 13.2 Å². The van der Waals surface area contributed by atoms with E-state index in [0.29, 0.717) is 0 Å². The molecule has 0 saturated carbocycles. The van der Waals surface area contributed by atoms with Gasteiger partial charge in [0, 0.05) is 28.6 Å². The molecule has 0 aromatic heterocycles. The van der Waals surface area contributed by atoms with Crippen molar-refractivity contribution < 1.29 is 22.9 Å². The lowest BCUT2D eigenvalue weighted by Crippen LogP contribution is -2.37. The minimum Gasteiger partial charge on any atom is -0.274 e. The van der Waals surface area contributed by atoms with Crippen molar-refractivity contribution in [3.05, 3.63) is 50.5 Å². The number of fused-ring (bicyclic) bond motifs is 2. The van der Waals surface area contributed by atoms with Gasteiger partial charge in [0.25, 0.3) is 5.69 Å². The van der Waals surface area contributed by atoms with Crippen molar-refractivity contribution in [3.63, 3.8) is 0 Å². The molecule has 0 unspecified atom stereocenters. The molecule has 5 nitrogen and oxygen atoms in total. The summed E-state index contributed by atoms with van der Waals surface area (Å²) in [6.07, 6.45) is -4.84. The van der Waals surface area contributed by atoms with Gasteiger partial charge in [0.05, 0.1) is 10.6 Å². The summed E-state index contributed by atoms with van der Waals surface area (Å²) in [5.41, 5.74) is -2.85. The number of halogens is 4. The van der Waals surface area contributed by atoms with Crippen LogP contribution < -0.4 is 4.90 Å². The maximum atomic E-state index is 13.5. The summed E-state index contributed by atoms with van der Waals surface area (Å²) in [6, 6.07) is 6.06. The molecule has 2 aromatic carbocycles. The highest BCUT2D eigenvalue weighted by Gasteiger charge is 2.54. The number of nitro benzene ring substituents is 1. The zero-order chi connectivity index (χ0) is 18.7. The highest BCUT2D eigenvalue weighted by atomic mass is 35.5. The van der Waals surface area contributed by atoms with E-state index in [1.165, 1.54) is 19.1 Å². The second-order valence-electron chi connectivity index (χ2n) is 5.51. The van der Waals surface area contributed by atoms with E-state index in [2.05, 4.69) is 0 Å². The molecule has 2 bridgehead atoms. The molecule has 0 aliphatic carbocycles. The van der Waals surface area contributed by atoms with Crippen LogP contribution in [-0.2, 0) is 11.0 Å². The van der Waals surface area contributed by atoms with Gasteiger partial charge in [-0.15, -0.1) is 0 Å². The molecule has 2 aliphatic rings. The Hall–Kier alpha value is -2.61. The van der Waals surface area contributed by atoms with Crippen molar-refractivity contribution in [1.82, 2.24) is 0 Å². The van der Waals surface area contributed by atoms with E-state index < -0.39 is 39.6 Å². The minimum absolute atomic E-state index is 0.0357. The normalized spacial score (nSPS) is 12.8. The lowest BCUT2D eigenvalue weighted by Gasteiger charge is -2.39. The summed E-state index contributed by atoms with van der Waals surface area (Å²) < 4.78 is 40.5. The van der Waals surface area contributed by atoms with Gasteiger partial charge in [0.2, 0.25) is 5.91 Å². The Balaban J connectivity index is 2.50. The first kappa shape index (κ1) is 17.2. The van der Waals surface area contributed by atoms with Gasteiger partial charge in [-0.3, -0.25) is 19.8 Å². The molecule has 0 saturated heterocycles. The van der Waals surface area contributed by atoms with Gasteiger partial charge >= 0.3 is 6.18 Å². The largest absolute Gasteiger partial charge is 0.420 e. The molecule has 1 amide bonds. The predicted octanol–water partition coefficient (Wildman–Crippen LogP) is 5.24. The van der Waals surface area contributed by atoms with Gasteiger partial charge in [-0.1, -0.05) is 29.8 Å². The summed E-state index contributed by atoms with van der Waals surface area (Å²) >= 11 is 6.09. The van der Waals surface area contributed by atoms with Crippen molar-refractivity contribution in [2.45, 2.75) is 20.0 Å². The van der Waals surface area contributed by atoms with Crippen molar-refractivity contribution in [3.8, 4) is 11.1 Å². The number of nitro groups is 1. The summed E-state index contributed by atoms with van der Waals surface area (Å²) in [6.45, 7) is 2.40. The topological polar surface area (TPSA) is 63.5 Å². The molecule has 2 aromatic rings. The lowest BCUT2D eigenvalue weighted by atomic mass is 9.85. The van der Waals surface area contributed by atoms with Gasteiger partial charge in [-0.25, -0.2) is 0 Å². The number of alkyl halides is 3. The Morgan fingerprint density at radius 1 is 1.24 bits per heavy atom. The van der Waals surface area contributed by atoms with Gasteiger partial charge in [-0.05, 0) is 13.0 Å². The second-order valence-corrected chi connectivity index (χ2v) is 5.92. The molecular weight excluding hydrogens is 361 g/mol. The molecule has 0 spiro atoms. The molecule has 130 valence electrons. The summed E-state index contributed by atoms with van der Waals surface area (Å²) in [7, 11) is 0. The van der Waals surface area contributed by atoms with E-state index in [9.17, 15) is 28.1 Å². The van der Waals surface area contributed by atoms with E-state index in [0.717, 1.165) is 11.8 Å². The van der Waals surface area contributed by atoms with Crippen LogP contribution in [0.3, 0.4) is 0 Å². The van der Waals surface area contributed by atoms with E-state index in [1.807, 2.05) is 0 Å². The zero-order valence-corrected chi connectivity index (χ0v) is 13.7. The average Bonchev–Trinajstić information content (AvgIpc) is 2.44. The van der Waals surface area contributed by atoms with E-state index in [-0.39, 0.29) is 21.7 Å². The van der Waals surface area contributed by atoms with Crippen LogP contribution in [0.25, 0.3) is 11.1 Å². The van der Waals surface area contributed by atoms with Crippen molar-refractivity contribution in [2.75, 3.05) is 4.90 Å². The first-order valence-corrected chi connectivity index (χ1v) is 7.42. The lowest BCUT2D eigenvalue weighted by molar-refractivity contribution is -0.384. The first-order valence-electron chi connectivity index (χ1n) is 7.05. The van der Waals surface area contributed by atoms with Crippen LogP contribution in [-0.4, -0.2) is 10.8 Å². The molecule has 0 N–H and O–H groups in total. The molecule has 0 atom stereocenters. The molecule has 2 heterocycles. The molecule has 4 rings (SSSR count). The van der Waals surface area contributed by atoms with Crippen molar-refractivity contribution in [1.29, 1.82) is 0 Å². The Morgan fingerprint density at radius 3 is 2.32 bits per heavy atom. The standard InChI is InChI=1S/C16H10ClF3N2O3/c1-7-11(9-5-3-4-6-10(9)17)14-12(16(18,19)20)15(13(7)22(24)25)21(14)8(2)23/h3-6H,1-2H3. The summed E-state index contributed by atoms with van der Waals surface area (Å²) in [5, 5.41) is 11.6. The van der Waals surface area contributed by atoms with Crippen LogP contribution >= 0.6 is 11.6 Å². The van der Waals surface area contributed by atoms with Crippen LogP contribution in [0.1, 0.15) is 18.1 Å². The monoisotopic (exact) mass is 370 g/mol. The highest BCUT2D eigenvalue weighted by molar-refractivity contribution is 6.34. The van der Waals surface area contributed by atoms with Crippen LogP contribution in [0.5, 0.6) is 0 Å². The van der Waals surface area contributed by atoms with Crippen molar-refractivity contribution >= 4 is 34.6 Å². The maximum absolute atomic E-state index is 13.5. The van der Waals surface area contributed by atoms with Gasteiger partial charge in [0.15, 0.2) is 0 Å². The zero-order valence-electron chi connectivity index (χ0n) is 12.9. The number of hydrogen-bond donors (Lipinski definition) is 0. The molecular formula is C16H10ClF3N2O3. The number of benzene rings is 2. The van der Waals surface area contributed by atoms with E-state index >= 15 is 0 Å². The van der Waals surface area contributed by atoms with Gasteiger partial charge in [0.1, 0.15) is 11.3 Å². The van der Waals surface area contributed by atoms with Crippen LogP contribution in [0.4, 0.5) is 30.2 Å². The molecule has 0 fully saturated rings. The Morgan fingerprint density at radius 2 is 1.84 bits per heavy atom. The first-order chi connectivity index (χ1) is 11.6. The number of anilines is 2. The molecule has 9 heteroatoms. The predicted molar refractivity (Wildman–Crippen MR) is 86.1 cm³/mol. The summed E-state index contributed by atoms with van der Waals surface area (Å²) in [5.74, 6) is -0.741. The maximum Gasteiger partial charge on any atom is 0.420 e. The number of carbonyl (C=O) groups excluding carboxylic acids is 1. The third-order valence-electron chi connectivity index (χ3n) is 4.04. The van der Waals surface area contributed by atoms with Crippen LogP contribution in [0.15, 0.2) is 24.3 Å². The van der Waals surface area contributed by atoms with Crippen molar-refractivity contribution in [2.24, 2.45) is 0 Å². The average molecular weight is 371 g/mol. The molecule has 25 heavy (non-hydrogen) atoms. The fraction of sp³-hybridized carbons (Fsp3) is 0.188. The smallest absolute Gasteiger partial charge is 0.274 e. The van der Waals surface area contributed by atoms with Crippen LogP contribution in [0.2, 0.25) is 5.02 Å². The van der Waals surface area contributed by atoms with E-state index in [1.54, 1.807) is 12.1 Å². The Labute approximate surface area is 144 Å². The number of rotatable bonds is 2. The third kappa shape index (κ3) is 2.36. The molecule has 2 aliphatic heterocycles. The molecule has 0 radical (unpaired) electrons. The number of carbonyl (C=O) groups is 1. The number of hydrogen-bond acceptors (Lipinski definition) is 3. The number of nitrogens with zero attached hydrogens (tertiary/aromatic N) is 2. The van der Waals surface area contributed by atoms with E-state index in [4.69, 9.17) is 11.6 Å². The second kappa shape index (κ2) is 5.45. The fourth-order valence-electron chi connectivity index (χ4n) is 3.13. The Bertz CT molecular complexity index is 941. The highest BCUT2D eigenvalue weighted by Crippen LogP contribution is 2.62. The number of amides is 1. The quantitative estimate of drug-likeness (QED) is 0.536. The minimum atomic E-state index is -4.84.